The molecule has 0 spiro atoms. The van der Waals surface area contributed by atoms with Crippen molar-refractivity contribution in [2.24, 2.45) is 0 Å². The van der Waals surface area contributed by atoms with Gasteiger partial charge in [0.15, 0.2) is 0 Å². The summed E-state index contributed by atoms with van der Waals surface area (Å²) in [7, 11) is 0. The monoisotopic (exact) mass is 304 g/mol. The van der Waals surface area contributed by atoms with Crippen LogP contribution in [0, 0.1) is 0 Å². The summed E-state index contributed by atoms with van der Waals surface area (Å²) < 4.78 is 0. The van der Waals surface area contributed by atoms with Gasteiger partial charge in [0.25, 0.3) is 0 Å². The van der Waals surface area contributed by atoms with Gasteiger partial charge in [-0.2, -0.15) is 0 Å². The van der Waals surface area contributed by atoms with Crippen LogP contribution >= 0.6 is 0 Å². The molecule has 0 nitrogen and oxygen atoms in total. The van der Waals surface area contributed by atoms with E-state index in [-0.39, 0.29) is 131 Å². The first-order valence-corrected chi connectivity index (χ1v) is 0. The van der Waals surface area contributed by atoms with E-state index in [0.717, 1.165) is 0 Å². The zero-order valence-electron chi connectivity index (χ0n) is 0.707. The predicted octanol–water partition coefficient (Wildman–Crippen LogP) is -3.40. The van der Waals surface area contributed by atoms with Crippen LogP contribution in [0.25, 0.3) is 0 Å². The first-order chi connectivity index (χ1) is 0. The van der Waals surface area contributed by atoms with E-state index >= 15 is 0 Å². The Morgan fingerprint density at radius 1 is 1.00 bits per heavy atom. The van der Waals surface area contributed by atoms with E-state index in [4.69, 9.17) is 0 Å². The standard InChI is InChI=1S/In.K.Na.Sn.7H. The molecule has 0 rings (SSSR count). The van der Waals surface area contributed by atoms with Crippen LogP contribution in [-0.4, -0.2) is 131 Å². The van der Waals surface area contributed by atoms with Gasteiger partial charge in [0, 0.05) is 0 Å². The van der Waals surface area contributed by atoms with E-state index in [1.165, 1.54) is 0 Å². The van der Waals surface area contributed by atoms with Crippen molar-refractivity contribution >= 4 is 131 Å². The summed E-state index contributed by atoms with van der Waals surface area (Å²) in [4.78, 5) is 0. The molecule has 0 aliphatic carbocycles. The van der Waals surface area contributed by atoms with E-state index in [2.05, 4.69) is 0 Å². The fourth-order valence-electron chi connectivity index (χ4n) is 0. The number of rotatable bonds is 0. The molecule has 0 amide bonds. The predicted molar refractivity (Wildman–Crippen MR) is 32.8 cm³/mol. The molecule has 0 N–H and O–H groups in total. The molecule has 0 aromatic rings. The molecule has 0 atom stereocenters. The van der Waals surface area contributed by atoms with E-state index in [9.17, 15) is 0 Å². The molecule has 0 saturated heterocycles. The van der Waals surface area contributed by atoms with Gasteiger partial charge in [-0.1, -0.05) is 0 Å². The molecule has 0 fully saturated rings. The van der Waals surface area contributed by atoms with Crippen LogP contribution in [0.3, 0.4) is 0 Å². The van der Waals surface area contributed by atoms with Crippen molar-refractivity contribution in [1.82, 2.24) is 0 Å². The van der Waals surface area contributed by atoms with Gasteiger partial charge in [-0.15, -0.1) is 0 Å². The van der Waals surface area contributed by atoms with Gasteiger partial charge in [0.05, 0.1) is 0 Å². The summed E-state index contributed by atoms with van der Waals surface area (Å²) in [5, 5.41) is 0. The third-order valence-electron chi connectivity index (χ3n) is 0. The number of hydrogen-bond acceptors (Lipinski definition) is 0. The molecule has 0 bridgehead atoms. The van der Waals surface area contributed by atoms with Gasteiger partial charge in [-0.3, -0.25) is 0 Å². The first-order valence-electron chi connectivity index (χ1n) is 0. The molecular weight excluding hydrogens is 296 g/mol. The molecule has 0 aliphatic heterocycles. The Labute approximate surface area is 127 Å². The Hall–Kier alpha value is 4.31. The van der Waals surface area contributed by atoms with Crippen molar-refractivity contribution in [2.45, 2.75) is 0 Å². The average Bonchev–Trinajstić information content (AvgIpc) is 0. The third kappa shape index (κ3) is 9.57. The van der Waals surface area contributed by atoms with Crippen molar-refractivity contribution in [2.75, 3.05) is 0 Å². The summed E-state index contributed by atoms with van der Waals surface area (Å²) in [5.41, 5.74) is 0. The van der Waals surface area contributed by atoms with Gasteiger partial charge in [-0.05, 0) is 0 Å². The molecule has 4 heavy (non-hydrogen) atoms. The van der Waals surface area contributed by atoms with Gasteiger partial charge in [0.2, 0.25) is 0 Å². The van der Waals surface area contributed by atoms with Gasteiger partial charge in [0.1, 0.15) is 0 Å². The van der Waals surface area contributed by atoms with Gasteiger partial charge >= 0.3 is 131 Å². The average molecular weight is 303 g/mol. The topological polar surface area (TPSA) is 0 Å². The Balaban J connectivity index is 0. The van der Waals surface area contributed by atoms with Crippen molar-refractivity contribution in [3.05, 3.63) is 0 Å². The molecule has 0 saturated carbocycles. The summed E-state index contributed by atoms with van der Waals surface area (Å²) in [6.07, 6.45) is 0. The van der Waals surface area contributed by atoms with Crippen LogP contribution in [0.15, 0.2) is 0 Å². The van der Waals surface area contributed by atoms with E-state index in [0.29, 0.717) is 0 Å². The molecule has 2 radical (unpaired) electrons. The maximum absolute atomic E-state index is 0. The molecule has 0 aromatic heterocycles. The van der Waals surface area contributed by atoms with E-state index < -0.39 is 0 Å². The second-order valence-corrected chi connectivity index (χ2v) is 0. The second kappa shape index (κ2) is 15.7. The zero-order chi connectivity index (χ0) is 0. The fraction of sp³-hybridized carbons (Fsp3) is 0. The van der Waals surface area contributed by atoms with E-state index in [1.54, 1.807) is 0 Å². The Bertz CT molecular complexity index is 8.00. The van der Waals surface area contributed by atoms with Crippen LogP contribution < -0.4 is 0 Å². The summed E-state index contributed by atoms with van der Waals surface area (Å²) in [6, 6.07) is 0. The van der Waals surface area contributed by atoms with Crippen LogP contribution in [0.1, 0.15) is 0 Å². The molecular formula is H7InKNaSn. The Morgan fingerprint density at radius 3 is 1.00 bits per heavy atom. The van der Waals surface area contributed by atoms with Crippen LogP contribution in [0.5, 0.6) is 0 Å². The molecule has 0 unspecified atom stereocenters. The third-order valence-corrected chi connectivity index (χ3v) is 0. The number of hydrogen-bond donors (Lipinski definition) is 0. The maximum atomic E-state index is 0. The van der Waals surface area contributed by atoms with Crippen LogP contribution in [0.2, 0.25) is 0 Å². The zero-order valence-corrected chi connectivity index (χ0v) is 4.74. The SMILES string of the molecule is [InH3].[KH].[NaH].[SnH2]. The summed E-state index contributed by atoms with van der Waals surface area (Å²) in [6.45, 7) is 0. The Morgan fingerprint density at radius 2 is 1.00 bits per heavy atom. The van der Waals surface area contributed by atoms with Gasteiger partial charge < -0.3 is 0 Å². The summed E-state index contributed by atoms with van der Waals surface area (Å²) in [5.74, 6) is 0. The molecule has 0 aliphatic rings. The fourth-order valence-corrected chi connectivity index (χ4v) is 0. The molecule has 4 heteroatoms. The van der Waals surface area contributed by atoms with Crippen LogP contribution in [0.4, 0.5) is 0 Å². The summed E-state index contributed by atoms with van der Waals surface area (Å²) >= 11 is 0. The van der Waals surface area contributed by atoms with Crippen molar-refractivity contribution in [3.8, 4) is 0 Å². The van der Waals surface area contributed by atoms with E-state index in [1.807, 2.05) is 0 Å². The minimum absolute atomic E-state index is 0. The Kier molecular flexibility index (Phi) is 93.7. The first kappa shape index (κ1) is 23.9. The van der Waals surface area contributed by atoms with Crippen molar-refractivity contribution in [3.63, 3.8) is 0 Å². The molecule has 0 heterocycles. The second-order valence-electron chi connectivity index (χ2n) is 0. The van der Waals surface area contributed by atoms with Gasteiger partial charge in [-0.25, -0.2) is 0 Å². The molecule has 16 valence electrons. The minimum atomic E-state index is 0. The van der Waals surface area contributed by atoms with Crippen LogP contribution in [-0.2, 0) is 0 Å². The molecule has 0 aromatic carbocycles. The van der Waals surface area contributed by atoms with Crippen molar-refractivity contribution in [1.29, 1.82) is 0 Å². The normalized spacial score (nSPS) is 0. The quantitative estimate of drug-likeness (QED) is 0.409. The van der Waals surface area contributed by atoms with Crippen molar-refractivity contribution < 1.29 is 0 Å².